The van der Waals surface area contributed by atoms with E-state index in [2.05, 4.69) is 29.6 Å². The lowest BCUT2D eigenvalue weighted by Crippen LogP contribution is -2.48. The molecule has 0 saturated carbocycles. The van der Waals surface area contributed by atoms with Gasteiger partial charge in [-0.2, -0.15) is 0 Å². The first-order valence-corrected chi connectivity index (χ1v) is 9.61. The van der Waals surface area contributed by atoms with Gasteiger partial charge in [-0.25, -0.2) is 4.79 Å². The van der Waals surface area contributed by atoms with Crippen LogP contribution in [0.25, 0.3) is 11.1 Å². The van der Waals surface area contributed by atoms with Gasteiger partial charge >= 0.3 is 6.09 Å². The van der Waals surface area contributed by atoms with Gasteiger partial charge in [0.1, 0.15) is 6.61 Å². The minimum atomic E-state index is -0.639. The average Bonchev–Trinajstić information content (AvgIpc) is 2.97. The number of carbonyl (C=O) groups excluding carboxylic acids is 2. The molecule has 146 valence electrons. The first kappa shape index (κ1) is 19.9. The van der Waals surface area contributed by atoms with Crippen molar-refractivity contribution in [2.24, 2.45) is 5.41 Å². The van der Waals surface area contributed by atoms with Crippen molar-refractivity contribution in [1.82, 2.24) is 5.32 Å². The first-order valence-electron chi connectivity index (χ1n) is 9.61. The lowest BCUT2D eigenvalue weighted by atomic mass is 9.84. The molecule has 0 spiro atoms. The highest BCUT2D eigenvalue weighted by Gasteiger charge is 2.33. The number of ketones is 1. The van der Waals surface area contributed by atoms with Crippen LogP contribution in [0.5, 0.6) is 0 Å². The molecule has 2 aromatic carbocycles. The number of ether oxygens (including phenoxy) is 1. The Kier molecular flexibility index (Phi) is 5.68. The summed E-state index contributed by atoms with van der Waals surface area (Å²) in [6.07, 6.45) is 2.60. The zero-order valence-corrected chi connectivity index (χ0v) is 16.9. The smallest absolute Gasteiger partial charge is 0.407 e. The minimum Gasteiger partial charge on any atom is -0.449 e. The molecule has 0 aromatic heterocycles. The van der Waals surface area contributed by atoms with E-state index in [0.29, 0.717) is 0 Å². The molecule has 0 fully saturated rings. The van der Waals surface area contributed by atoms with Crippen molar-refractivity contribution in [3.05, 3.63) is 71.8 Å². The summed E-state index contributed by atoms with van der Waals surface area (Å²) >= 11 is 0. The van der Waals surface area contributed by atoms with E-state index in [9.17, 15) is 9.59 Å². The van der Waals surface area contributed by atoms with E-state index >= 15 is 0 Å². The number of benzene rings is 2. The van der Waals surface area contributed by atoms with Crippen LogP contribution in [-0.4, -0.2) is 24.5 Å². The predicted octanol–water partition coefficient (Wildman–Crippen LogP) is 5.09. The van der Waals surface area contributed by atoms with Crippen molar-refractivity contribution < 1.29 is 14.3 Å². The number of hydrogen-bond acceptors (Lipinski definition) is 3. The number of hydrogen-bond donors (Lipinski definition) is 1. The number of allylic oxidation sites excluding steroid dienone is 1. The quantitative estimate of drug-likeness (QED) is 0.739. The molecule has 0 bridgehead atoms. The van der Waals surface area contributed by atoms with Gasteiger partial charge in [0.25, 0.3) is 0 Å². The van der Waals surface area contributed by atoms with Crippen LogP contribution < -0.4 is 5.32 Å². The van der Waals surface area contributed by atoms with Gasteiger partial charge in [0.2, 0.25) is 0 Å². The fourth-order valence-electron chi connectivity index (χ4n) is 3.73. The van der Waals surface area contributed by atoms with E-state index in [1.54, 1.807) is 13.0 Å². The fourth-order valence-corrected chi connectivity index (χ4v) is 3.73. The molecule has 1 aliphatic carbocycles. The summed E-state index contributed by atoms with van der Waals surface area (Å²) < 4.78 is 5.57. The van der Waals surface area contributed by atoms with Gasteiger partial charge in [-0.3, -0.25) is 4.79 Å². The van der Waals surface area contributed by atoms with Gasteiger partial charge in [0, 0.05) is 5.92 Å². The number of alkyl carbamates (subject to hydrolysis) is 1. The van der Waals surface area contributed by atoms with E-state index < -0.39 is 17.6 Å². The minimum absolute atomic E-state index is 0.00234. The fraction of sp³-hybridized carbons (Fsp3) is 0.333. The van der Waals surface area contributed by atoms with Crippen LogP contribution in [0.3, 0.4) is 0 Å². The second-order valence-electron chi connectivity index (χ2n) is 8.17. The number of amides is 1. The van der Waals surface area contributed by atoms with Crippen LogP contribution in [-0.2, 0) is 9.53 Å². The summed E-state index contributed by atoms with van der Waals surface area (Å²) in [6, 6.07) is 15.8. The summed E-state index contributed by atoms with van der Waals surface area (Å²) in [5.74, 6) is -0.138. The van der Waals surface area contributed by atoms with Crippen molar-refractivity contribution in [3.8, 4) is 11.1 Å². The molecule has 0 radical (unpaired) electrons. The van der Waals surface area contributed by atoms with Crippen LogP contribution in [0, 0.1) is 5.41 Å². The third-order valence-corrected chi connectivity index (χ3v) is 5.09. The maximum atomic E-state index is 12.5. The molecule has 0 heterocycles. The molecule has 1 amide bonds. The number of fused-ring (bicyclic) bond motifs is 3. The van der Waals surface area contributed by atoms with E-state index in [-0.39, 0.29) is 18.3 Å². The van der Waals surface area contributed by atoms with E-state index in [0.717, 1.165) is 11.1 Å². The molecule has 4 nitrogen and oxygen atoms in total. The molecular formula is C24H27NO3. The zero-order valence-electron chi connectivity index (χ0n) is 16.9. The Morgan fingerprint density at radius 1 is 1.04 bits per heavy atom. The molecule has 1 aliphatic rings. The molecule has 1 N–H and O–H groups in total. The molecule has 1 atom stereocenters. The summed E-state index contributed by atoms with van der Waals surface area (Å²) in [6.45, 7) is 7.77. The molecule has 4 heteroatoms. The maximum absolute atomic E-state index is 12.5. The van der Waals surface area contributed by atoms with Crippen LogP contribution in [0.2, 0.25) is 0 Å². The second-order valence-corrected chi connectivity index (χ2v) is 8.17. The molecule has 28 heavy (non-hydrogen) atoms. The molecule has 2 aromatic rings. The topological polar surface area (TPSA) is 55.4 Å². The largest absolute Gasteiger partial charge is 0.449 e. The normalized spacial score (nSPS) is 14.4. The van der Waals surface area contributed by atoms with E-state index in [1.165, 1.54) is 17.2 Å². The van der Waals surface area contributed by atoms with Gasteiger partial charge in [-0.15, -0.1) is 0 Å². The highest BCUT2D eigenvalue weighted by atomic mass is 16.5. The van der Waals surface area contributed by atoms with Gasteiger partial charge in [-0.05, 0) is 40.7 Å². The first-order chi connectivity index (χ1) is 13.3. The number of carbonyl (C=O) groups is 2. The Hall–Kier alpha value is -2.88. The Morgan fingerprint density at radius 3 is 2.07 bits per heavy atom. The van der Waals surface area contributed by atoms with Crippen LogP contribution >= 0.6 is 0 Å². The summed E-state index contributed by atoms with van der Waals surface area (Å²) in [5, 5.41) is 2.75. The predicted molar refractivity (Wildman–Crippen MR) is 111 cm³/mol. The van der Waals surface area contributed by atoms with Gasteiger partial charge in [0.05, 0.1) is 6.04 Å². The summed E-state index contributed by atoms with van der Waals surface area (Å²) in [5.41, 5.74) is 4.27. The van der Waals surface area contributed by atoms with Crippen LogP contribution in [0.15, 0.2) is 60.7 Å². The Balaban J connectivity index is 1.73. The van der Waals surface area contributed by atoms with Gasteiger partial charge in [-0.1, -0.05) is 75.4 Å². The van der Waals surface area contributed by atoms with Crippen molar-refractivity contribution in [2.75, 3.05) is 6.61 Å². The molecule has 0 saturated heterocycles. The molecule has 0 aliphatic heterocycles. The third-order valence-electron chi connectivity index (χ3n) is 5.09. The van der Waals surface area contributed by atoms with Gasteiger partial charge in [0.15, 0.2) is 5.78 Å². The average molecular weight is 377 g/mol. The lowest BCUT2D eigenvalue weighted by Gasteiger charge is -2.29. The van der Waals surface area contributed by atoms with E-state index in [4.69, 9.17) is 4.74 Å². The summed E-state index contributed by atoms with van der Waals surface area (Å²) in [4.78, 5) is 24.8. The molecule has 0 unspecified atom stereocenters. The highest BCUT2D eigenvalue weighted by molar-refractivity contribution is 5.96. The monoisotopic (exact) mass is 377 g/mol. The third kappa shape index (κ3) is 4.01. The van der Waals surface area contributed by atoms with E-state index in [1.807, 2.05) is 45.0 Å². The standard InChI is InChI=1S/C24H27NO3/c1-5-10-21(26)22(24(2,3)4)25-23(27)28-15-20-18-13-8-6-11-16(18)17-12-7-9-14-19(17)20/h5-14,20,22H,15H2,1-4H3,(H,25,27)/b10-5+/t22-/m0/s1. The van der Waals surface area contributed by atoms with Crippen molar-refractivity contribution in [1.29, 1.82) is 0 Å². The van der Waals surface area contributed by atoms with Crippen LogP contribution in [0.1, 0.15) is 44.7 Å². The summed E-state index contributed by atoms with van der Waals surface area (Å²) in [7, 11) is 0. The molecular weight excluding hydrogens is 350 g/mol. The van der Waals surface area contributed by atoms with Crippen molar-refractivity contribution in [3.63, 3.8) is 0 Å². The van der Waals surface area contributed by atoms with Crippen LogP contribution in [0.4, 0.5) is 4.79 Å². The molecule has 3 rings (SSSR count). The zero-order chi connectivity index (χ0) is 20.3. The number of nitrogens with one attached hydrogen (secondary N) is 1. The maximum Gasteiger partial charge on any atom is 0.407 e. The van der Waals surface area contributed by atoms with Gasteiger partial charge < -0.3 is 10.1 Å². The SMILES string of the molecule is C/C=C/C(=O)[C@H](NC(=O)OCC1c2ccccc2-c2ccccc21)C(C)(C)C. The lowest BCUT2D eigenvalue weighted by molar-refractivity contribution is -0.118. The second kappa shape index (κ2) is 8.01. The number of rotatable bonds is 5. The van der Waals surface area contributed by atoms with Crippen molar-refractivity contribution >= 4 is 11.9 Å². The van der Waals surface area contributed by atoms with Crippen molar-refractivity contribution in [2.45, 2.75) is 39.7 Å². The Labute approximate surface area is 166 Å². The highest BCUT2D eigenvalue weighted by Crippen LogP contribution is 2.44. The Bertz CT molecular complexity index is 863. The Morgan fingerprint density at radius 2 is 1.57 bits per heavy atom.